The van der Waals surface area contributed by atoms with E-state index >= 15 is 0 Å². The summed E-state index contributed by atoms with van der Waals surface area (Å²) in [5.41, 5.74) is 1.57. The first-order valence-corrected chi connectivity index (χ1v) is 8.46. The fraction of sp³-hybridized carbons (Fsp3) is 0.611. The molecule has 5 heteroatoms. The average molecular weight is 317 g/mol. The van der Waals surface area contributed by atoms with Gasteiger partial charge in [0.25, 0.3) is 0 Å². The zero-order chi connectivity index (χ0) is 16.0. The summed E-state index contributed by atoms with van der Waals surface area (Å²) in [6.45, 7) is 6.04. The molecule has 0 aromatic heterocycles. The number of guanidine groups is 1. The van der Waals surface area contributed by atoms with Crippen LogP contribution in [0, 0.1) is 5.41 Å². The molecule has 23 heavy (non-hydrogen) atoms. The first-order chi connectivity index (χ1) is 11.3. The van der Waals surface area contributed by atoms with Gasteiger partial charge >= 0.3 is 0 Å². The molecule has 0 saturated carbocycles. The zero-order valence-corrected chi connectivity index (χ0v) is 14.0. The lowest BCUT2D eigenvalue weighted by molar-refractivity contribution is 0.125. The van der Waals surface area contributed by atoms with E-state index in [-0.39, 0.29) is 0 Å². The van der Waals surface area contributed by atoms with E-state index in [1.807, 2.05) is 25.2 Å². The lowest BCUT2D eigenvalue weighted by atomic mass is 9.87. The number of likely N-dealkylation sites (tertiary alicyclic amines) is 1. The largest absolute Gasteiger partial charge is 0.381 e. The van der Waals surface area contributed by atoms with Crippen LogP contribution in [0.25, 0.3) is 0 Å². The molecule has 2 aliphatic heterocycles. The number of rotatable bonds is 5. The first kappa shape index (κ1) is 16.3. The highest BCUT2D eigenvalue weighted by Gasteiger charge is 2.42. The Morgan fingerprint density at radius 1 is 1.35 bits per heavy atom. The molecule has 1 aromatic carbocycles. The van der Waals surface area contributed by atoms with Crippen LogP contribution in [0.4, 0.5) is 0 Å². The number of ether oxygens (including phenoxy) is 2. The number of hydrogen-bond acceptors (Lipinski definition) is 3. The number of nitrogens with zero attached hydrogens (tertiary/aromatic N) is 2. The van der Waals surface area contributed by atoms with Gasteiger partial charge in [0, 0.05) is 38.7 Å². The number of nitrogens with one attached hydrogen (secondary N) is 1. The molecule has 0 aliphatic carbocycles. The van der Waals surface area contributed by atoms with Crippen molar-refractivity contribution in [1.29, 1.82) is 0 Å². The third-order valence-electron chi connectivity index (χ3n) is 4.78. The Bertz CT molecular complexity index is 512. The van der Waals surface area contributed by atoms with Gasteiger partial charge in [0.2, 0.25) is 0 Å². The van der Waals surface area contributed by atoms with Crippen LogP contribution in [0.2, 0.25) is 0 Å². The topological polar surface area (TPSA) is 46.1 Å². The molecule has 1 atom stereocenters. The molecule has 2 fully saturated rings. The number of benzene rings is 1. The van der Waals surface area contributed by atoms with Crippen molar-refractivity contribution in [2.45, 2.75) is 19.4 Å². The van der Waals surface area contributed by atoms with Crippen LogP contribution in [-0.4, -0.2) is 57.4 Å². The molecular weight excluding hydrogens is 290 g/mol. The molecule has 126 valence electrons. The van der Waals surface area contributed by atoms with E-state index < -0.39 is 0 Å². The van der Waals surface area contributed by atoms with E-state index in [2.05, 4.69) is 27.3 Å². The Kier molecular flexibility index (Phi) is 5.51. The molecule has 0 bridgehead atoms. The number of aliphatic imine (C=N–C) groups is 1. The first-order valence-electron chi connectivity index (χ1n) is 8.46. The maximum atomic E-state index is 5.71. The van der Waals surface area contributed by atoms with Crippen molar-refractivity contribution in [1.82, 2.24) is 10.2 Å². The standard InChI is InChI=1S/C18H27N3O2/c1-19-17(21-10-7-18(14-21)8-11-23-15-18)20-9-12-22-13-16-5-3-2-4-6-16/h2-6H,7-15H2,1H3,(H,19,20). The molecule has 1 N–H and O–H groups in total. The second-order valence-electron chi connectivity index (χ2n) is 6.49. The Balaban J connectivity index is 1.37. The molecule has 2 saturated heterocycles. The van der Waals surface area contributed by atoms with Gasteiger partial charge in [-0.15, -0.1) is 0 Å². The quantitative estimate of drug-likeness (QED) is 0.512. The van der Waals surface area contributed by atoms with Crippen LogP contribution in [0.3, 0.4) is 0 Å². The summed E-state index contributed by atoms with van der Waals surface area (Å²) in [5, 5.41) is 3.41. The lowest BCUT2D eigenvalue weighted by Crippen LogP contribution is -2.42. The minimum atomic E-state index is 0.363. The molecule has 1 spiro atoms. The van der Waals surface area contributed by atoms with Crippen molar-refractivity contribution in [2.24, 2.45) is 10.4 Å². The summed E-state index contributed by atoms with van der Waals surface area (Å²) in [5.74, 6) is 0.983. The van der Waals surface area contributed by atoms with Gasteiger partial charge in [-0.25, -0.2) is 0 Å². The molecule has 2 heterocycles. The fourth-order valence-corrected chi connectivity index (χ4v) is 3.42. The van der Waals surface area contributed by atoms with Crippen LogP contribution < -0.4 is 5.32 Å². The molecule has 1 unspecified atom stereocenters. The van der Waals surface area contributed by atoms with Crippen molar-refractivity contribution >= 4 is 5.96 Å². The third kappa shape index (κ3) is 4.24. The molecule has 2 aliphatic rings. The highest BCUT2D eigenvalue weighted by Crippen LogP contribution is 2.38. The Morgan fingerprint density at radius 3 is 2.96 bits per heavy atom. The van der Waals surface area contributed by atoms with Crippen molar-refractivity contribution in [3.05, 3.63) is 35.9 Å². The van der Waals surface area contributed by atoms with E-state index in [1.54, 1.807) is 0 Å². The highest BCUT2D eigenvalue weighted by molar-refractivity contribution is 5.80. The van der Waals surface area contributed by atoms with Gasteiger partial charge in [-0.2, -0.15) is 0 Å². The summed E-state index contributed by atoms with van der Waals surface area (Å²) < 4.78 is 11.3. The monoisotopic (exact) mass is 317 g/mol. The fourth-order valence-electron chi connectivity index (χ4n) is 3.42. The second-order valence-corrected chi connectivity index (χ2v) is 6.49. The average Bonchev–Trinajstić information content (AvgIpc) is 3.22. The minimum absolute atomic E-state index is 0.363. The summed E-state index contributed by atoms with van der Waals surface area (Å²) in [6.07, 6.45) is 2.39. The van der Waals surface area contributed by atoms with Crippen LogP contribution in [0.5, 0.6) is 0 Å². The van der Waals surface area contributed by atoms with Gasteiger partial charge in [-0.3, -0.25) is 4.99 Å². The molecular formula is C18H27N3O2. The van der Waals surface area contributed by atoms with Crippen molar-refractivity contribution < 1.29 is 9.47 Å². The smallest absolute Gasteiger partial charge is 0.193 e. The molecule has 5 nitrogen and oxygen atoms in total. The summed E-state index contributed by atoms with van der Waals surface area (Å²) >= 11 is 0. The SMILES string of the molecule is CN=C(NCCOCc1ccccc1)N1CCC2(CCOC2)C1. The van der Waals surface area contributed by atoms with Gasteiger partial charge in [0.1, 0.15) is 0 Å². The Morgan fingerprint density at radius 2 is 2.22 bits per heavy atom. The Labute approximate surface area is 138 Å². The van der Waals surface area contributed by atoms with E-state index in [9.17, 15) is 0 Å². The van der Waals surface area contributed by atoms with Gasteiger partial charge in [0.05, 0.1) is 19.8 Å². The van der Waals surface area contributed by atoms with Crippen LogP contribution in [0.1, 0.15) is 18.4 Å². The summed E-state index contributed by atoms with van der Waals surface area (Å²) in [4.78, 5) is 6.77. The van der Waals surface area contributed by atoms with E-state index in [0.717, 1.165) is 38.8 Å². The van der Waals surface area contributed by atoms with Gasteiger partial charge in [0.15, 0.2) is 5.96 Å². The van der Waals surface area contributed by atoms with Gasteiger partial charge in [-0.05, 0) is 18.4 Å². The molecule has 0 amide bonds. The summed E-state index contributed by atoms with van der Waals surface area (Å²) in [6, 6.07) is 10.3. The predicted molar refractivity (Wildman–Crippen MR) is 91.5 cm³/mol. The molecule has 0 radical (unpaired) electrons. The third-order valence-corrected chi connectivity index (χ3v) is 4.78. The van der Waals surface area contributed by atoms with Crippen LogP contribution >= 0.6 is 0 Å². The van der Waals surface area contributed by atoms with E-state index in [1.165, 1.54) is 18.4 Å². The maximum absolute atomic E-state index is 5.71. The van der Waals surface area contributed by atoms with Crippen molar-refractivity contribution in [3.8, 4) is 0 Å². The maximum Gasteiger partial charge on any atom is 0.193 e. The van der Waals surface area contributed by atoms with Crippen LogP contribution in [0.15, 0.2) is 35.3 Å². The Hall–Kier alpha value is -1.59. The van der Waals surface area contributed by atoms with Crippen LogP contribution in [-0.2, 0) is 16.1 Å². The highest BCUT2D eigenvalue weighted by atomic mass is 16.5. The van der Waals surface area contributed by atoms with Crippen molar-refractivity contribution in [2.75, 3.05) is 46.5 Å². The van der Waals surface area contributed by atoms with E-state index in [0.29, 0.717) is 18.6 Å². The molecule has 3 rings (SSSR count). The zero-order valence-electron chi connectivity index (χ0n) is 14.0. The van der Waals surface area contributed by atoms with E-state index in [4.69, 9.17) is 9.47 Å². The lowest BCUT2D eigenvalue weighted by Gasteiger charge is -2.24. The van der Waals surface area contributed by atoms with Gasteiger partial charge < -0.3 is 19.7 Å². The second kappa shape index (κ2) is 7.79. The minimum Gasteiger partial charge on any atom is -0.381 e. The normalized spacial score (nSPS) is 24.6. The van der Waals surface area contributed by atoms with Crippen molar-refractivity contribution in [3.63, 3.8) is 0 Å². The molecule has 1 aromatic rings. The summed E-state index contributed by atoms with van der Waals surface area (Å²) in [7, 11) is 1.85. The van der Waals surface area contributed by atoms with Gasteiger partial charge in [-0.1, -0.05) is 30.3 Å². The predicted octanol–water partition coefficient (Wildman–Crippen LogP) is 1.89. The number of hydrogen-bond donors (Lipinski definition) is 1.